The van der Waals surface area contributed by atoms with Crippen molar-refractivity contribution in [3.8, 4) is 6.07 Å². The predicted molar refractivity (Wildman–Crippen MR) is 239 cm³/mol. The summed E-state index contributed by atoms with van der Waals surface area (Å²) in [6.07, 6.45) is 28.8. The molecule has 0 radical (unpaired) electrons. The van der Waals surface area contributed by atoms with E-state index in [9.17, 15) is 29.2 Å². The summed E-state index contributed by atoms with van der Waals surface area (Å²) in [5.41, 5.74) is 2.51. The molecule has 61 heavy (non-hydrogen) atoms. The van der Waals surface area contributed by atoms with E-state index in [2.05, 4.69) is 54.8 Å². The van der Waals surface area contributed by atoms with Gasteiger partial charge in [0.2, 0.25) is 0 Å². The molecule has 2 heterocycles. The summed E-state index contributed by atoms with van der Waals surface area (Å²) < 4.78 is 16.1. The van der Waals surface area contributed by atoms with Crippen molar-refractivity contribution in [1.82, 2.24) is 9.13 Å². The minimum absolute atomic E-state index is 0.0674. The number of unbranched alkanes of at least 4 members (excludes halogenated alkanes) is 15. The summed E-state index contributed by atoms with van der Waals surface area (Å²) in [6, 6.07) is 16.5. The number of allylic oxidation sites excluding steroid dienone is 1. The van der Waals surface area contributed by atoms with E-state index in [0.717, 1.165) is 46.2 Å². The Morgan fingerprint density at radius 2 is 1.30 bits per heavy atom. The van der Waals surface area contributed by atoms with Crippen LogP contribution in [0.1, 0.15) is 126 Å². The van der Waals surface area contributed by atoms with Crippen molar-refractivity contribution in [1.29, 1.82) is 5.26 Å². The summed E-state index contributed by atoms with van der Waals surface area (Å²) in [5, 5.41) is 9.50. The molecule has 0 atom stereocenters. The Bertz CT molecular complexity index is 2180. The minimum atomic E-state index is -1.17. The number of anilines is 2. The number of fused-ring (bicyclic) bond motifs is 2. The molecule has 0 saturated carbocycles. The van der Waals surface area contributed by atoms with Gasteiger partial charge >= 0.3 is 5.97 Å². The number of carbonyl (C=O) groups is 3. The van der Waals surface area contributed by atoms with Gasteiger partial charge in [-0.05, 0) is 60.2 Å². The lowest BCUT2D eigenvalue weighted by Crippen LogP contribution is -2.59. The highest BCUT2D eigenvalue weighted by atomic mass is 16.5. The number of carbonyl (C=O) groups excluding carboxylic acids is 3. The molecule has 0 unspecified atom stereocenters. The van der Waals surface area contributed by atoms with E-state index in [4.69, 9.17) is 14.2 Å². The zero-order chi connectivity index (χ0) is 43.7. The number of hydrogen-bond donors (Lipinski definition) is 0. The molecule has 0 spiro atoms. The molecule has 1 aromatic heterocycles. The molecule has 12 heteroatoms. The molecule has 0 N–H and O–H groups in total. The second kappa shape index (κ2) is 27.0. The summed E-state index contributed by atoms with van der Waals surface area (Å²) >= 11 is 0. The third-order valence-corrected chi connectivity index (χ3v) is 11.0. The van der Waals surface area contributed by atoms with Crippen LogP contribution >= 0.6 is 0 Å². The first-order valence-electron chi connectivity index (χ1n) is 21.9. The molecule has 2 aromatic carbocycles. The lowest BCUT2D eigenvalue weighted by molar-refractivity contribution is -0.135. The predicted octanol–water partition coefficient (Wildman–Crippen LogP) is 7.67. The van der Waals surface area contributed by atoms with E-state index in [0.29, 0.717) is 0 Å². The Morgan fingerprint density at radius 3 is 1.85 bits per heavy atom. The molecule has 326 valence electrons. The first-order chi connectivity index (χ1) is 29.9. The van der Waals surface area contributed by atoms with Crippen LogP contribution in [0.4, 0.5) is 11.4 Å². The van der Waals surface area contributed by atoms with Crippen molar-refractivity contribution >= 4 is 48.0 Å². The van der Waals surface area contributed by atoms with E-state index in [1.807, 2.05) is 6.07 Å². The van der Waals surface area contributed by atoms with Gasteiger partial charge in [0.05, 0.1) is 0 Å². The molecule has 1 aliphatic rings. The molecular formula is C49H62N4O8. The van der Waals surface area contributed by atoms with E-state index in [-0.39, 0.29) is 19.6 Å². The van der Waals surface area contributed by atoms with Crippen molar-refractivity contribution < 1.29 is 28.6 Å². The van der Waals surface area contributed by atoms with E-state index >= 15 is 0 Å². The van der Waals surface area contributed by atoms with Gasteiger partial charge in [-0.25, -0.2) is 4.79 Å². The second-order valence-electron chi connectivity index (χ2n) is 15.4. The summed E-state index contributed by atoms with van der Waals surface area (Å²) in [7, 11) is 0. The standard InChI is InChI=1S/C49H62N4O8/c1-3-5-6-7-8-9-10-11-12-13-14-15-16-17-18-21-31-51-44-26-20-19-24-40(44)28-29-41-33-39(27-30-45(41)51)23-22-25-42-47(56)52(35-59-37-54)46(53(48(42)57)36-60-38-55)43(34-50)49(58)61-32-4-2/h4,19-20,22-27,30,33,37-38H,2-3,5-18,21,28-29,31-32,35-36H2,1H3. The highest BCUT2D eigenvalue weighted by Crippen LogP contribution is 2.37. The quantitative estimate of drug-likeness (QED) is 0.0235. The molecule has 0 fully saturated rings. The van der Waals surface area contributed by atoms with E-state index < -0.39 is 46.8 Å². The number of para-hydroxylation sites is 1. The van der Waals surface area contributed by atoms with E-state index in [1.54, 1.807) is 18.2 Å². The van der Waals surface area contributed by atoms with Crippen molar-refractivity contribution in [2.24, 2.45) is 0 Å². The Morgan fingerprint density at radius 1 is 0.754 bits per heavy atom. The van der Waals surface area contributed by atoms with Crippen LogP contribution in [0.3, 0.4) is 0 Å². The van der Waals surface area contributed by atoms with Gasteiger partial charge in [0.15, 0.2) is 19.0 Å². The molecule has 1 aliphatic heterocycles. The van der Waals surface area contributed by atoms with Crippen molar-refractivity contribution in [2.75, 3.05) is 18.1 Å². The number of nitriles is 1. The number of hydrogen-bond acceptors (Lipinski definition) is 10. The van der Waals surface area contributed by atoms with Crippen LogP contribution in [-0.4, -0.2) is 41.2 Å². The largest absolute Gasteiger partial charge is 0.457 e. The smallest absolute Gasteiger partial charge is 0.353 e. The lowest BCUT2D eigenvalue weighted by atomic mass is 10.0. The number of esters is 1. The molecular weight excluding hydrogens is 773 g/mol. The van der Waals surface area contributed by atoms with Crippen molar-refractivity contribution in [3.63, 3.8) is 0 Å². The van der Waals surface area contributed by atoms with Gasteiger partial charge in [0.1, 0.15) is 23.4 Å². The van der Waals surface area contributed by atoms with Gasteiger partial charge in [0.25, 0.3) is 24.1 Å². The van der Waals surface area contributed by atoms with E-state index in [1.165, 1.54) is 125 Å². The Kier molecular flexibility index (Phi) is 21.1. The van der Waals surface area contributed by atoms with Crippen LogP contribution in [0.15, 0.2) is 70.8 Å². The molecule has 0 aliphatic carbocycles. The maximum atomic E-state index is 13.8. The normalized spacial score (nSPS) is 11.8. The van der Waals surface area contributed by atoms with Gasteiger partial charge < -0.3 is 19.1 Å². The molecule has 3 aromatic rings. The van der Waals surface area contributed by atoms with Gasteiger partial charge in [-0.15, -0.1) is 0 Å². The number of ether oxygens (including phenoxy) is 3. The van der Waals surface area contributed by atoms with Gasteiger partial charge in [-0.1, -0.05) is 152 Å². The minimum Gasteiger partial charge on any atom is -0.457 e. The van der Waals surface area contributed by atoms with Crippen LogP contribution in [0.5, 0.6) is 0 Å². The average molecular weight is 835 g/mol. The molecule has 0 bridgehead atoms. The van der Waals surface area contributed by atoms with Gasteiger partial charge in [0, 0.05) is 17.9 Å². The second-order valence-corrected chi connectivity index (χ2v) is 15.4. The Balaban J connectivity index is 1.48. The first-order valence-corrected chi connectivity index (χ1v) is 21.9. The molecule has 0 saturated heterocycles. The fraction of sp³-hybridized carbons (Fsp3) is 0.469. The highest BCUT2D eigenvalue weighted by molar-refractivity contribution is 6.15. The molecule has 0 amide bonds. The topological polar surface area (TPSA) is 150 Å². The fourth-order valence-electron chi connectivity index (χ4n) is 7.85. The average Bonchev–Trinajstić information content (AvgIpc) is 3.42. The van der Waals surface area contributed by atoms with Crippen LogP contribution in [-0.2, 0) is 54.9 Å². The van der Waals surface area contributed by atoms with Crippen molar-refractivity contribution in [2.45, 2.75) is 136 Å². The fourth-order valence-corrected chi connectivity index (χ4v) is 7.85. The summed E-state index contributed by atoms with van der Waals surface area (Å²) in [5.74, 6) is -1.17. The molecule has 4 rings (SSSR count). The number of nitrogens with zero attached hydrogens (tertiary/aromatic N) is 4. The third-order valence-electron chi connectivity index (χ3n) is 11.0. The third kappa shape index (κ3) is 14.3. The lowest BCUT2D eigenvalue weighted by Gasteiger charge is -2.27. The number of benzene rings is 2. The Hall–Kier alpha value is -5.96. The van der Waals surface area contributed by atoms with Gasteiger partial charge in [-0.2, -0.15) is 5.26 Å². The monoisotopic (exact) mass is 834 g/mol. The number of aromatic nitrogens is 2. The maximum Gasteiger partial charge on any atom is 0.353 e. The SMILES string of the molecule is C=CCOC(=O)C(C#N)=c1n(COC=O)c(=O)c(=CC=Cc2ccc3c(c2)CCc2ccccc2N3CCCCCCCCCCCCCCCCCC)c(=O)n1COC=O. The first kappa shape index (κ1) is 47.7. The van der Waals surface area contributed by atoms with Crippen LogP contribution in [0, 0.1) is 11.3 Å². The summed E-state index contributed by atoms with van der Waals surface area (Å²) in [4.78, 5) is 65.1. The molecule has 12 nitrogen and oxygen atoms in total. The highest BCUT2D eigenvalue weighted by Gasteiger charge is 2.22. The zero-order valence-electron chi connectivity index (χ0n) is 35.8. The van der Waals surface area contributed by atoms with Gasteiger partial charge in [-0.3, -0.25) is 28.3 Å². The zero-order valence-corrected chi connectivity index (χ0v) is 35.8. The van der Waals surface area contributed by atoms with Crippen LogP contribution < -0.4 is 26.7 Å². The Labute approximate surface area is 359 Å². The summed E-state index contributed by atoms with van der Waals surface area (Å²) in [6.45, 7) is 5.00. The number of rotatable bonds is 28. The number of aryl methyl sites for hydroxylation is 2. The maximum absolute atomic E-state index is 13.8. The van der Waals surface area contributed by atoms with Crippen molar-refractivity contribution in [3.05, 3.63) is 109 Å². The van der Waals surface area contributed by atoms with Crippen LogP contribution in [0.25, 0.3) is 17.7 Å². The van der Waals surface area contributed by atoms with Crippen LogP contribution in [0.2, 0.25) is 0 Å².